The van der Waals surface area contributed by atoms with Crippen molar-refractivity contribution in [1.29, 1.82) is 0 Å². The monoisotopic (exact) mass is 186 g/mol. The van der Waals surface area contributed by atoms with Crippen molar-refractivity contribution < 1.29 is 9.90 Å². The van der Waals surface area contributed by atoms with Crippen molar-refractivity contribution >= 4 is 22.4 Å². The molecule has 0 aromatic carbocycles. The van der Waals surface area contributed by atoms with Gasteiger partial charge >= 0.3 is 5.97 Å². The van der Waals surface area contributed by atoms with E-state index >= 15 is 0 Å². The maximum absolute atomic E-state index is 10.3. The number of likely N-dealkylation sites (N-methyl/N-ethyl adjacent to an activating group) is 1. The van der Waals surface area contributed by atoms with Crippen molar-refractivity contribution in [2.75, 3.05) is 18.5 Å². The second-order valence-electron chi connectivity index (χ2n) is 2.52. The smallest absolute Gasteiger partial charge is 0.323 e. The summed E-state index contributed by atoms with van der Waals surface area (Å²) >= 11 is 1.45. The lowest BCUT2D eigenvalue weighted by molar-refractivity contribution is -0.135. The fraction of sp³-hybridized carbons (Fsp3) is 0.429. The number of rotatable bonds is 3. The number of aryl methyl sites for hydroxylation is 1. The van der Waals surface area contributed by atoms with Crippen LogP contribution in [0.2, 0.25) is 0 Å². The molecule has 5 heteroatoms. The predicted octanol–water partition coefficient (Wildman–Crippen LogP) is 0.972. The zero-order valence-electron chi connectivity index (χ0n) is 6.94. The van der Waals surface area contributed by atoms with Gasteiger partial charge in [-0.3, -0.25) is 4.79 Å². The first kappa shape index (κ1) is 8.99. The Bertz CT molecular complexity index is 285. The summed E-state index contributed by atoms with van der Waals surface area (Å²) in [6.07, 6.45) is 0. The molecule has 0 spiro atoms. The number of aliphatic carboxylic acids is 1. The summed E-state index contributed by atoms with van der Waals surface area (Å²) in [6, 6.07) is 0. The van der Waals surface area contributed by atoms with Crippen LogP contribution in [0, 0.1) is 6.92 Å². The largest absolute Gasteiger partial charge is 0.480 e. The minimum Gasteiger partial charge on any atom is -0.480 e. The maximum Gasteiger partial charge on any atom is 0.323 e. The molecule has 0 aliphatic rings. The lowest BCUT2D eigenvalue weighted by atomic mass is 10.6. The quantitative estimate of drug-likeness (QED) is 0.764. The first-order valence-corrected chi connectivity index (χ1v) is 4.32. The minimum absolute atomic E-state index is 0.00699. The van der Waals surface area contributed by atoms with E-state index < -0.39 is 5.97 Å². The summed E-state index contributed by atoms with van der Waals surface area (Å²) in [4.78, 5) is 16.1. The molecule has 0 amide bonds. The standard InChI is InChI=1S/C7H10N2O2S/c1-5-4-12-7(8-5)9(2)3-6(10)11/h4H,3H2,1-2H3,(H,10,11). The van der Waals surface area contributed by atoms with Gasteiger partial charge in [-0.05, 0) is 6.92 Å². The van der Waals surface area contributed by atoms with Gasteiger partial charge in [0, 0.05) is 12.4 Å². The Kier molecular flexibility index (Phi) is 2.65. The van der Waals surface area contributed by atoms with Crippen LogP contribution in [-0.2, 0) is 4.79 Å². The van der Waals surface area contributed by atoms with Crippen molar-refractivity contribution in [2.45, 2.75) is 6.92 Å². The van der Waals surface area contributed by atoms with E-state index in [2.05, 4.69) is 4.98 Å². The van der Waals surface area contributed by atoms with Crippen LogP contribution in [0.15, 0.2) is 5.38 Å². The van der Waals surface area contributed by atoms with Gasteiger partial charge < -0.3 is 10.0 Å². The molecule has 4 nitrogen and oxygen atoms in total. The Hall–Kier alpha value is -1.10. The van der Waals surface area contributed by atoms with Crippen molar-refractivity contribution in [3.8, 4) is 0 Å². The summed E-state index contributed by atoms with van der Waals surface area (Å²) < 4.78 is 0. The Balaban J connectivity index is 2.64. The SMILES string of the molecule is Cc1csc(N(C)CC(=O)O)n1. The van der Waals surface area contributed by atoms with E-state index in [1.807, 2.05) is 12.3 Å². The Labute approximate surface area is 74.5 Å². The first-order valence-electron chi connectivity index (χ1n) is 3.44. The summed E-state index contributed by atoms with van der Waals surface area (Å²) in [5.74, 6) is -0.842. The van der Waals surface area contributed by atoms with E-state index in [1.165, 1.54) is 11.3 Å². The van der Waals surface area contributed by atoms with Crippen molar-refractivity contribution in [3.63, 3.8) is 0 Å². The van der Waals surface area contributed by atoms with E-state index in [0.29, 0.717) is 0 Å². The number of anilines is 1. The Morgan fingerprint density at radius 1 is 1.83 bits per heavy atom. The van der Waals surface area contributed by atoms with Crippen molar-refractivity contribution in [2.24, 2.45) is 0 Å². The fourth-order valence-corrected chi connectivity index (χ4v) is 1.56. The van der Waals surface area contributed by atoms with Crippen LogP contribution in [0.1, 0.15) is 5.69 Å². The average Bonchev–Trinajstić information content (AvgIpc) is 2.34. The molecule has 0 aliphatic heterocycles. The number of carboxylic acids is 1. The second-order valence-corrected chi connectivity index (χ2v) is 3.36. The molecule has 0 saturated carbocycles. The summed E-state index contributed by atoms with van der Waals surface area (Å²) in [5.41, 5.74) is 0.923. The normalized spacial score (nSPS) is 9.83. The Morgan fingerprint density at radius 3 is 2.92 bits per heavy atom. The topological polar surface area (TPSA) is 53.4 Å². The van der Waals surface area contributed by atoms with Crippen LogP contribution in [0.4, 0.5) is 5.13 Å². The van der Waals surface area contributed by atoms with Gasteiger partial charge in [0.1, 0.15) is 6.54 Å². The Morgan fingerprint density at radius 2 is 2.50 bits per heavy atom. The minimum atomic E-state index is -0.842. The molecule has 0 fully saturated rings. The van der Waals surface area contributed by atoms with E-state index in [-0.39, 0.29) is 6.54 Å². The number of thiazole rings is 1. The molecule has 12 heavy (non-hydrogen) atoms. The molecule has 1 heterocycles. The van der Waals surface area contributed by atoms with E-state index in [9.17, 15) is 4.79 Å². The highest BCUT2D eigenvalue weighted by atomic mass is 32.1. The number of carboxylic acid groups (broad SMARTS) is 1. The van der Waals surface area contributed by atoms with Gasteiger partial charge in [0.2, 0.25) is 0 Å². The zero-order valence-corrected chi connectivity index (χ0v) is 7.76. The van der Waals surface area contributed by atoms with E-state index in [0.717, 1.165) is 10.8 Å². The molecular formula is C7H10N2O2S. The third-order valence-electron chi connectivity index (χ3n) is 1.31. The molecule has 0 atom stereocenters. The molecule has 0 saturated heterocycles. The van der Waals surface area contributed by atoms with Gasteiger partial charge in [-0.1, -0.05) is 0 Å². The second kappa shape index (κ2) is 3.53. The summed E-state index contributed by atoms with van der Waals surface area (Å²) in [7, 11) is 1.71. The van der Waals surface area contributed by atoms with Crippen LogP contribution in [-0.4, -0.2) is 29.7 Å². The molecule has 0 aliphatic carbocycles. The zero-order chi connectivity index (χ0) is 9.14. The highest BCUT2D eigenvalue weighted by Crippen LogP contribution is 2.17. The van der Waals surface area contributed by atoms with Crippen LogP contribution in [0.5, 0.6) is 0 Å². The summed E-state index contributed by atoms with van der Waals surface area (Å²) in [6.45, 7) is 1.88. The van der Waals surface area contributed by atoms with Gasteiger partial charge in [0.15, 0.2) is 5.13 Å². The average molecular weight is 186 g/mol. The molecular weight excluding hydrogens is 176 g/mol. The fourth-order valence-electron chi connectivity index (χ4n) is 0.787. The van der Waals surface area contributed by atoms with Gasteiger partial charge in [-0.25, -0.2) is 4.98 Å². The molecule has 1 aromatic heterocycles. The van der Waals surface area contributed by atoms with Gasteiger partial charge in [-0.2, -0.15) is 0 Å². The van der Waals surface area contributed by atoms with Crippen LogP contribution in [0.3, 0.4) is 0 Å². The van der Waals surface area contributed by atoms with E-state index in [1.54, 1.807) is 11.9 Å². The third-order valence-corrected chi connectivity index (χ3v) is 2.38. The van der Waals surface area contributed by atoms with Gasteiger partial charge in [0.05, 0.1) is 5.69 Å². The van der Waals surface area contributed by atoms with Crippen LogP contribution >= 0.6 is 11.3 Å². The number of nitrogens with zero attached hydrogens (tertiary/aromatic N) is 2. The van der Waals surface area contributed by atoms with Gasteiger partial charge in [0.25, 0.3) is 0 Å². The highest BCUT2D eigenvalue weighted by Gasteiger charge is 2.07. The lowest BCUT2D eigenvalue weighted by Gasteiger charge is -2.11. The third kappa shape index (κ3) is 2.20. The van der Waals surface area contributed by atoms with Crippen LogP contribution in [0.25, 0.3) is 0 Å². The van der Waals surface area contributed by atoms with Crippen LogP contribution < -0.4 is 4.90 Å². The van der Waals surface area contributed by atoms with Crippen molar-refractivity contribution in [1.82, 2.24) is 4.98 Å². The molecule has 0 radical (unpaired) electrons. The number of hydrogen-bond acceptors (Lipinski definition) is 4. The molecule has 0 bridgehead atoms. The summed E-state index contributed by atoms with van der Waals surface area (Å²) in [5, 5.41) is 11.1. The number of hydrogen-bond donors (Lipinski definition) is 1. The molecule has 1 N–H and O–H groups in total. The molecule has 0 unspecified atom stereocenters. The first-order chi connectivity index (χ1) is 5.59. The molecule has 66 valence electrons. The predicted molar refractivity (Wildman–Crippen MR) is 47.8 cm³/mol. The molecule has 1 rings (SSSR count). The number of carbonyl (C=O) groups is 1. The van der Waals surface area contributed by atoms with Crippen molar-refractivity contribution in [3.05, 3.63) is 11.1 Å². The lowest BCUT2D eigenvalue weighted by Crippen LogP contribution is -2.24. The van der Waals surface area contributed by atoms with Gasteiger partial charge in [-0.15, -0.1) is 11.3 Å². The van der Waals surface area contributed by atoms with E-state index in [4.69, 9.17) is 5.11 Å². The molecule has 1 aromatic rings. The maximum atomic E-state index is 10.3. The number of aromatic nitrogens is 1. The highest BCUT2D eigenvalue weighted by molar-refractivity contribution is 7.13.